The van der Waals surface area contributed by atoms with Gasteiger partial charge in [0.1, 0.15) is 29.1 Å². The van der Waals surface area contributed by atoms with Crippen molar-refractivity contribution in [1.29, 1.82) is 0 Å². The average Bonchev–Trinajstić information content (AvgIpc) is 3.17. The fourth-order valence-electron chi connectivity index (χ4n) is 3.28. The smallest absolute Gasteiger partial charge is 0.255 e. The third-order valence-electron chi connectivity index (χ3n) is 4.55. The quantitative estimate of drug-likeness (QED) is 0.764. The minimum absolute atomic E-state index is 0.120. The lowest BCUT2D eigenvalue weighted by Crippen LogP contribution is -2.36. The van der Waals surface area contributed by atoms with E-state index in [1.165, 1.54) is 0 Å². The number of carbonyl (C=O) groups excluding carboxylic acids is 2. The summed E-state index contributed by atoms with van der Waals surface area (Å²) in [4.78, 5) is 24.3. The second-order valence-electron chi connectivity index (χ2n) is 6.92. The molecule has 2 N–H and O–H groups in total. The van der Waals surface area contributed by atoms with Crippen molar-refractivity contribution in [2.75, 3.05) is 13.2 Å². The van der Waals surface area contributed by atoms with Gasteiger partial charge in [0.05, 0.1) is 18.7 Å². The van der Waals surface area contributed by atoms with Gasteiger partial charge in [-0.1, -0.05) is 0 Å². The van der Waals surface area contributed by atoms with E-state index in [2.05, 4.69) is 10.6 Å². The maximum Gasteiger partial charge on any atom is 0.255 e. The Bertz CT molecular complexity index is 887. The number of rotatable bonds is 7. The third kappa shape index (κ3) is 4.47. The minimum atomic E-state index is -0.334. The van der Waals surface area contributed by atoms with Crippen LogP contribution in [0.5, 0.6) is 11.5 Å². The summed E-state index contributed by atoms with van der Waals surface area (Å²) in [5.74, 6) is 2.14. The van der Waals surface area contributed by atoms with Gasteiger partial charge < -0.3 is 24.5 Å². The van der Waals surface area contributed by atoms with E-state index >= 15 is 0 Å². The third-order valence-corrected chi connectivity index (χ3v) is 4.55. The highest BCUT2D eigenvalue weighted by molar-refractivity contribution is 5.97. The second-order valence-corrected chi connectivity index (χ2v) is 6.92. The average molecular weight is 386 g/mol. The van der Waals surface area contributed by atoms with Gasteiger partial charge in [-0.05, 0) is 45.9 Å². The van der Waals surface area contributed by atoms with E-state index in [1.54, 1.807) is 19.9 Å². The van der Waals surface area contributed by atoms with E-state index < -0.39 is 0 Å². The van der Waals surface area contributed by atoms with Crippen LogP contribution in [0.2, 0.25) is 0 Å². The molecule has 150 valence electrons. The number of carbonyl (C=O) groups is 2. The molecular formula is C21H26N2O5. The number of fused-ring (bicyclic) bond motifs is 1. The van der Waals surface area contributed by atoms with Gasteiger partial charge in [0.25, 0.3) is 5.91 Å². The van der Waals surface area contributed by atoms with Gasteiger partial charge in [-0.2, -0.15) is 0 Å². The zero-order chi connectivity index (χ0) is 20.3. The molecule has 28 heavy (non-hydrogen) atoms. The molecular weight excluding hydrogens is 360 g/mol. The number of hydrogen-bond donors (Lipinski definition) is 2. The summed E-state index contributed by atoms with van der Waals surface area (Å²) in [5, 5.41) is 5.42. The van der Waals surface area contributed by atoms with E-state index in [0.717, 1.165) is 29.0 Å². The number of hydrogen-bond acceptors (Lipinski definition) is 5. The number of furan rings is 1. The maximum atomic E-state index is 12.2. The number of amides is 2. The van der Waals surface area contributed by atoms with Crippen LogP contribution >= 0.6 is 0 Å². The summed E-state index contributed by atoms with van der Waals surface area (Å²) >= 11 is 0. The Balaban J connectivity index is 1.58. The first kappa shape index (κ1) is 19.8. The Morgan fingerprint density at radius 3 is 2.68 bits per heavy atom. The molecule has 1 aromatic heterocycles. The number of aryl methyl sites for hydroxylation is 2. The van der Waals surface area contributed by atoms with Crippen LogP contribution in [0, 0.1) is 13.8 Å². The predicted molar refractivity (Wildman–Crippen MR) is 104 cm³/mol. The number of benzene rings is 1. The van der Waals surface area contributed by atoms with E-state index in [-0.39, 0.29) is 24.5 Å². The molecule has 0 saturated heterocycles. The molecule has 2 amide bonds. The van der Waals surface area contributed by atoms with Gasteiger partial charge in [-0.15, -0.1) is 0 Å². The molecule has 0 aliphatic carbocycles. The molecule has 1 aliphatic heterocycles. The van der Waals surface area contributed by atoms with Gasteiger partial charge in [0.2, 0.25) is 5.91 Å². The Labute approximate surface area is 164 Å². The molecule has 0 saturated carbocycles. The van der Waals surface area contributed by atoms with Crippen LogP contribution < -0.4 is 20.1 Å². The van der Waals surface area contributed by atoms with Crippen LogP contribution in [0.1, 0.15) is 46.9 Å². The Hall–Kier alpha value is -2.96. The van der Waals surface area contributed by atoms with Crippen LogP contribution in [0.4, 0.5) is 0 Å². The topological polar surface area (TPSA) is 89.8 Å². The first-order valence-corrected chi connectivity index (χ1v) is 9.44. The molecule has 7 heteroatoms. The highest BCUT2D eigenvalue weighted by Crippen LogP contribution is 2.35. The molecule has 1 unspecified atom stereocenters. The van der Waals surface area contributed by atoms with Crippen molar-refractivity contribution >= 4 is 11.8 Å². The van der Waals surface area contributed by atoms with Crippen LogP contribution in [0.25, 0.3) is 0 Å². The Morgan fingerprint density at radius 2 is 2.00 bits per heavy atom. The molecule has 1 atom stereocenters. The number of nitrogens with one attached hydrogen (secondary N) is 2. The van der Waals surface area contributed by atoms with Crippen molar-refractivity contribution in [2.45, 2.75) is 46.8 Å². The lowest BCUT2D eigenvalue weighted by Gasteiger charge is -2.13. The van der Waals surface area contributed by atoms with Crippen LogP contribution in [-0.2, 0) is 17.8 Å². The molecule has 0 radical (unpaired) electrons. The predicted octanol–water partition coefficient (Wildman–Crippen LogP) is 2.66. The summed E-state index contributed by atoms with van der Waals surface area (Å²) < 4.78 is 16.8. The summed E-state index contributed by atoms with van der Waals surface area (Å²) in [6, 6.07) is 5.55. The van der Waals surface area contributed by atoms with Crippen molar-refractivity contribution in [1.82, 2.24) is 10.6 Å². The van der Waals surface area contributed by atoms with Gasteiger partial charge in [-0.25, -0.2) is 0 Å². The largest absolute Gasteiger partial charge is 0.494 e. The molecule has 0 fully saturated rings. The fourth-order valence-corrected chi connectivity index (χ4v) is 3.28. The van der Waals surface area contributed by atoms with Crippen LogP contribution in [0.15, 0.2) is 22.6 Å². The summed E-state index contributed by atoms with van der Waals surface area (Å²) in [6.07, 6.45) is 0.987. The summed E-state index contributed by atoms with van der Waals surface area (Å²) in [7, 11) is 0. The van der Waals surface area contributed by atoms with Crippen molar-refractivity contribution in [2.24, 2.45) is 0 Å². The molecule has 1 aliphatic rings. The zero-order valence-corrected chi connectivity index (χ0v) is 16.7. The van der Waals surface area contributed by atoms with E-state index in [1.807, 2.05) is 26.0 Å². The van der Waals surface area contributed by atoms with Crippen molar-refractivity contribution in [3.63, 3.8) is 0 Å². The molecule has 1 aromatic carbocycles. The van der Waals surface area contributed by atoms with E-state index in [4.69, 9.17) is 13.9 Å². The van der Waals surface area contributed by atoms with Gasteiger partial charge >= 0.3 is 0 Å². The molecule has 7 nitrogen and oxygen atoms in total. The lowest BCUT2D eigenvalue weighted by molar-refractivity contribution is -0.120. The van der Waals surface area contributed by atoms with Crippen LogP contribution in [-0.4, -0.2) is 31.1 Å². The second kappa shape index (κ2) is 8.37. The molecule has 3 rings (SSSR count). The first-order chi connectivity index (χ1) is 13.4. The Morgan fingerprint density at radius 1 is 1.21 bits per heavy atom. The molecule has 2 heterocycles. The van der Waals surface area contributed by atoms with Crippen molar-refractivity contribution in [3.05, 3.63) is 46.4 Å². The maximum absolute atomic E-state index is 12.2. The van der Waals surface area contributed by atoms with E-state index in [0.29, 0.717) is 30.2 Å². The molecule has 0 spiro atoms. The zero-order valence-electron chi connectivity index (χ0n) is 16.7. The monoisotopic (exact) mass is 386 g/mol. The summed E-state index contributed by atoms with van der Waals surface area (Å²) in [5.41, 5.74) is 2.40. The fraction of sp³-hybridized carbons (Fsp3) is 0.429. The minimum Gasteiger partial charge on any atom is -0.494 e. The van der Waals surface area contributed by atoms with Gasteiger partial charge in [0.15, 0.2) is 0 Å². The van der Waals surface area contributed by atoms with Crippen LogP contribution in [0.3, 0.4) is 0 Å². The Kier molecular flexibility index (Phi) is 5.92. The number of ether oxygens (including phenoxy) is 2. The standard InChI is InChI=1S/C21H26N2O5/c1-5-26-18-8-15-6-12(2)28-19(15)9-16(18)10-22-20(24)11-23-21(25)17-7-13(3)27-14(17)4/h7-9,12H,5-6,10-11H2,1-4H3,(H,22,24)(H,23,25). The molecule has 2 aromatic rings. The normalized spacial score (nSPS) is 14.9. The highest BCUT2D eigenvalue weighted by Gasteiger charge is 2.22. The van der Waals surface area contributed by atoms with Gasteiger partial charge in [0, 0.05) is 24.1 Å². The van der Waals surface area contributed by atoms with Crippen molar-refractivity contribution < 1.29 is 23.5 Å². The summed E-state index contributed by atoms with van der Waals surface area (Å²) in [6.45, 7) is 8.14. The highest BCUT2D eigenvalue weighted by atomic mass is 16.5. The van der Waals surface area contributed by atoms with Gasteiger partial charge in [-0.3, -0.25) is 9.59 Å². The SMILES string of the molecule is CCOc1cc2c(cc1CNC(=O)CNC(=O)c1cc(C)oc1C)OC(C)C2. The van der Waals surface area contributed by atoms with E-state index in [9.17, 15) is 9.59 Å². The van der Waals surface area contributed by atoms with Crippen molar-refractivity contribution in [3.8, 4) is 11.5 Å². The lowest BCUT2D eigenvalue weighted by atomic mass is 10.1. The first-order valence-electron chi connectivity index (χ1n) is 9.44. The molecule has 0 bridgehead atoms.